The Morgan fingerprint density at radius 2 is 2.27 bits per heavy atom. The van der Waals surface area contributed by atoms with Gasteiger partial charge in [0.15, 0.2) is 0 Å². The van der Waals surface area contributed by atoms with E-state index in [9.17, 15) is 0 Å². The summed E-state index contributed by atoms with van der Waals surface area (Å²) in [7, 11) is 1.77. The summed E-state index contributed by atoms with van der Waals surface area (Å²) in [5.41, 5.74) is 0.303. The van der Waals surface area contributed by atoms with Gasteiger partial charge in [0, 0.05) is 25.1 Å². The van der Waals surface area contributed by atoms with E-state index < -0.39 is 0 Å². The predicted molar refractivity (Wildman–Crippen MR) is 46.6 cm³/mol. The van der Waals surface area contributed by atoms with Crippen LogP contribution in [-0.4, -0.2) is 25.8 Å². The molecule has 1 N–H and O–H groups in total. The maximum atomic E-state index is 5.29. The van der Waals surface area contributed by atoms with Gasteiger partial charge in [0.2, 0.25) is 0 Å². The lowest BCUT2D eigenvalue weighted by Crippen LogP contribution is -2.21. The molecule has 11 heavy (non-hydrogen) atoms. The van der Waals surface area contributed by atoms with Crippen molar-refractivity contribution in [1.29, 1.82) is 0 Å². The summed E-state index contributed by atoms with van der Waals surface area (Å²) in [6.07, 6.45) is 2.25. The first-order valence-corrected chi connectivity index (χ1v) is 4.01. The molecular weight excluding hydrogens is 138 g/mol. The minimum atomic E-state index is 0.303. The summed E-state index contributed by atoms with van der Waals surface area (Å²) >= 11 is 0. The number of hydrogen-bond acceptors (Lipinski definition) is 2. The fourth-order valence-corrected chi connectivity index (χ4v) is 1.61. The van der Waals surface area contributed by atoms with Crippen LogP contribution in [0.15, 0.2) is 12.7 Å². The van der Waals surface area contributed by atoms with Gasteiger partial charge in [0.1, 0.15) is 0 Å². The number of methoxy groups -OCH3 is 1. The van der Waals surface area contributed by atoms with Crippen molar-refractivity contribution < 1.29 is 4.74 Å². The third kappa shape index (κ3) is 1.47. The van der Waals surface area contributed by atoms with E-state index in [0.717, 1.165) is 6.54 Å². The molecular formula is C9H17NO. The van der Waals surface area contributed by atoms with E-state index in [1.54, 1.807) is 7.11 Å². The van der Waals surface area contributed by atoms with Crippen LogP contribution in [0.2, 0.25) is 0 Å². The van der Waals surface area contributed by atoms with Crippen molar-refractivity contribution in [1.82, 2.24) is 5.32 Å². The lowest BCUT2D eigenvalue weighted by atomic mass is 10.2. The second-order valence-corrected chi connectivity index (χ2v) is 3.65. The molecule has 0 radical (unpaired) electrons. The van der Waals surface area contributed by atoms with Crippen molar-refractivity contribution in [3.05, 3.63) is 12.7 Å². The topological polar surface area (TPSA) is 21.3 Å². The Hall–Kier alpha value is -0.340. The molecule has 0 heterocycles. The maximum absolute atomic E-state index is 5.29. The van der Waals surface area contributed by atoms with E-state index in [0.29, 0.717) is 17.6 Å². The first-order valence-electron chi connectivity index (χ1n) is 4.01. The number of rotatable bonds is 4. The maximum Gasteiger partial charge on any atom is 0.0797 e. The molecule has 2 atom stereocenters. The standard InChI is InChI=1S/C9H17NO/c1-5-6-10-7-8(11-4)9(7,2)3/h5,7-8,10H,1,6H2,2-4H3/t7-,8-/m1/s1. The molecule has 0 aromatic carbocycles. The largest absolute Gasteiger partial charge is 0.379 e. The highest BCUT2D eigenvalue weighted by molar-refractivity contribution is 5.13. The van der Waals surface area contributed by atoms with Crippen LogP contribution in [0.3, 0.4) is 0 Å². The van der Waals surface area contributed by atoms with Gasteiger partial charge >= 0.3 is 0 Å². The van der Waals surface area contributed by atoms with Crippen LogP contribution in [0.5, 0.6) is 0 Å². The molecule has 0 unspecified atom stereocenters. The van der Waals surface area contributed by atoms with Crippen molar-refractivity contribution in [3.8, 4) is 0 Å². The first kappa shape index (κ1) is 8.75. The Morgan fingerprint density at radius 1 is 1.64 bits per heavy atom. The minimum absolute atomic E-state index is 0.303. The van der Waals surface area contributed by atoms with Gasteiger partial charge in [-0.25, -0.2) is 0 Å². The zero-order chi connectivity index (χ0) is 8.48. The molecule has 0 aromatic heterocycles. The Kier molecular flexibility index (Phi) is 2.35. The second kappa shape index (κ2) is 2.95. The highest BCUT2D eigenvalue weighted by atomic mass is 16.5. The number of ether oxygens (including phenoxy) is 1. The molecule has 0 saturated heterocycles. The summed E-state index contributed by atoms with van der Waals surface area (Å²) < 4.78 is 5.29. The fourth-order valence-electron chi connectivity index (χ4n) is 1.61. The van der Waals surface area contributed by atoms with E-state index in [2.05, 4.69) is 25.7 Å². The molecule has 2 nitrogen and oxygen atoms in total. The monoisotopic (exact) mass is 155 g/mol. The van der Waals surface area contributed by atoms with E-state index >= 15 is 0 Å². The fraction of sp³-hybridized carbons (Fsp3) is 0.778. The first-order chi connectivity index (χ1) is 5.14. The van der Waals surface area contributed by atoms with Crippen molar-refractivity contribution in [2.45, 2.75) is 26.0 Å². The molecule has 64 valence electrons. The third-order valence-electron chi connectivity index (χ3n) is 2.46. The Bertz CT molecular complexity index is 154. The summed E-state index contributed by atoms with van der Waals surface area (Å²) in [5, 5.41) is 3.35. The SMILES string of the molecule is C=CCN[C@@H]1[C@@H](OC)C1(C)C. The third-order valence-corrected chi connectivity index (χ3v) is 2.46. The summed E-state index contributed by atoms with van der Waals surface area (Å²) in [4.78, 5) is 0. The molecule has 0 spiro atoms. The molecule has 0 amide bonds. The summed E-state index contributed by atoms with van der Waals surface area (Å²) in [5.74, 6) is 0. The van der Waals surface area contributed by atoms with Gasteiger partial charge in [-0.1, -0.05) is 19.9 Å². The zero-order valence-corrected chi connectivity index (χ0v) is 7.55. The van der Waals surface area contributed by atoms with Gasteiger partial charge in [-0.15, -0.1) is 6.58 Å². The lowest BCUT2D eigenvalue weighted by molar-refractivity contribution is 0.150. The highest BCUT2D eigenvalue weighted by Gasteiger charge is 2.58. The molecule has 1 aliphatic carbocycles. The molecule has 1 rings (SSSR count). The second-order valence-electron chi connectivity index (χ2n) is 3.65. The predicted octanol–water partition coefficient (Wildman–Crippen LogP) is 1.19. The Morgan fingerprint density at radius 3 is 2.64 bits per heavy atom. The highest BCUT2D eigenvalue weighted by Crippen LogP contribution is 2.47. The smallest absolute Gasteiger partial charge is 0.0797 e. The van der Waals surface area contributed by atoms with Crippen molar-refractivity contribution in [2.24, 2.45) is 5.41 Å². The molecule has 1 saturated carbocycles. The van der Waals surface area contributed by atoms with Gasteiger partial charge < -0.3 is 10.1 Å². The number of nitrogens with one attached hydrogen (secondary N) is 1. The van der Waals surface area contributed by atoms with E-state index in [-0.39, 0.29) is 0 Å². The van der Waals surface area contributed by atoms with E-state index in [1.165, 1.54) is 0 Å². The normalized spacial score (nSPS) is 33.4. The van der Waals surface area contributed by atoms with Crippen LogP contribution >= 0.6 is 0 Å². The molecule has 0 aromatic rings. The quantitative estimate of drug-likeness (QED) is 0.616. The lowest BCUT2D eigenvalue weighted by Gasteiger charge is -2.00. The zero-order valence-electron chi connectivity index (χ0n) is 7.55. The van der Waals surface area contributed by atoms with Gasteiger partial charge in [0.05, 0.1) is 6.10 Å². The van der Waals surface area contributed by atoms with Crippen LogP contribution in [0.4, 0.5) is 0 Å². The Balaban J connectivity index is 2.33. The van der Waals surface area contributed by atoms with Crippen LogP contribution in [-0.2, 0) is 4.74 Å². The molecule has 1 fully saturated rings. The summed E-state index contributed by atoms with van der Waals surface area (Å²) in [6.45, 7) is 8.95. The van der Waals surface area contributed by atoms with Gasteiger partial charge in [-0.05, 0) is 0 Å². The van der Waals surface area contributed by atoms with Crippen LogP contribution in [0.1, 0.15) is 13.8 Å². The Labute approximate surface area is 68.6 Å². The molecule has 2 heteroatoms. The average Bonchev–Trinajstić information content (AvgIpc) is 2.48. The summed E-state index contributed by atoms with van der Waals surface area (Å²) in [6, 6.07) is 0.505. The number of hydrogen-bond donors (Lipinski definition) is 1. The van der Waals surface area contributed by atoms with Crippen molar-refractivity contribution in [2.75, 3.05) is 13.7 Å². The van der Waals surface area contributed by atoms with Gasteiger partial charge in [0.25, 0.3) is 0 Å². The van der Waals surface area contributed by atoms with Crippen molar-refractivity contribution in [3.63, 3.8) is 0 Å². The van der Waals surface area contributed by atoms with Crippen LogP contribution in [0, 0.1) is 5.41 Å². The molecule has 0 aliphatic heterocycles. The van der Waals surface area contributed by atoms with Crippen LogP contribution in [0.25, 0.3) is 0 Å². The molecule has 0 bridgehead atoms. The van der Waals surface area contributed by atoms with Crippen molar-refractivity contribution >= 4 is 0 Å². The van der Waals surface area contributed by atoms with E-state index in [1.807, 2.05) is 6.08 Å². The van der Waals surface area contributed by atoms with Gasteiger partial charge in [-0.3, -0.25) is 0 Å². The van der Waals surface area contributed by atoms with E-state index in [4.69, 9.17) is 4.74 Å². The average molecular weight is 155 g/mol. The molecule has 1 aliphatic rings. The van der Waals surface area contributed by atoms with Gasteiger partial charge in [-0.2, -0.15) is 0 Å². The van der Waals surface area contributed by atoms with Crippen LogP contribution < -0.4 is 5.32 Å². The minimum Gasteiger partial charge on any atom is -0.379 e.